The molecule has 2 aromatic carbocycles. The third-order valence-corrected chi connectivity index (χ3v) is 6.15. The van der Waals surface area contributed by atoms with Crippen molar-refractivity contribution in [2.45, 2.75) is 51.7 Å². The van der Waals surface area contributed by atoms with Crippen molar-refractivity contribution in [2.24, 2.45) is 0 Å². The fourth-order valence-electron chi connectivity index (χ4n) is 4.38. The van der Waals surface area contributed by atoms with Crippen LogP contribution in [0.3, 0.4) is 0 Å². The highest BCUT2D eigenvalue weighted by Crippen LogP contribution is 2.15. The van der Waals surface area contributed by atoms with Crippen LogP contribution in [0.4, 0.5) is 0 Å². The molecule has 1 N–H and O–H groups in total. The standard InChI is InChI=1S/C25H33N3O/c29-25(24-12-10-23(11-13-24)20-28-16-4-5-17-28)26-18-21-6-8-22(9-7-21)19-27-14-2-1-3-15-27/h6-13H,1-5,14-20H2,(H,26,29). The molecule has 4 nitrogen and oxygen atoms in total. The zero-order valence-electron chi connectivity index (χ0n) is 17.4. The molecule has 4 rings (SSSR count). The fraction of sp³-hybridized carbons (Fsp3) is 0.480. The molecule has 29 heavy (non-hydrogen) atoms. The summed E-state index contributed by atoms with van der Waals surface area (Å²) in [6.45, 7) is 7.42. The van der Waals surface area contributed by atoms with E-state index in [9.17, 15) is 4.79 Å². The number of amides is 1. The van der Waals surface area contributed by atoms with Gasteiger partial charge in [0, 0.05) is 25.2 Å². The molecule has 0 saturated carbocycles. The van der Waals surface area contributed by atoms with Crippen molar-refractivity contribution >= 4 is 5.91 Å². The third kappa shape index (κ3) is 5.91. The van der Waals surface area contributed by atoms with Gasteiger partial charge in [-0.05, 0) is 80.7 Å². The summed E-state index contributed by atoms with van der Waals surface area (Å²) in [5, 5.41) is 3.05. The number of hydrogen-bond acceptors (Lipinski definition) is 3. The van der Waals surface area contributed by atoms with Crippen molar-refractivity contribution in [1.29, 1.82) is 0 Å². The van der Waals surface area contributed by atoms with Gasteiger partial charge in [0.2, 0.25) is 0 Å². The van der Waals surface area contributed by atoms with Gasteiger partial charge in [0.1, 0.15) is 0 Å². The van der Waals surface area contributed by atoms with Crippen LogP contribution in [0.15, 0.2) is 48.5 Å². The molecule has 154 valence electrons. The van der Waals surface area contributed by atoms with Gasteiger partial charge in [0.05, 0.1) is 0 Å². The van der Waals surface area contributed by atoms with Crippen molar-refractivity contribution in [3.05, 3.63) is 70.8 Å². The zero-order chi connectivity index (χ0) is 19.9. The molecule has 4 heteroatoms. The molecule has 0 atom stereocenters. The number of piperidine rings is 1. The smallest absolute Gasteiger partial charge is 0.251 e. The Bertz CT molecular complexity index is 773. The number of carbonyl (C=O) groups excluding carboxylic acids is 1. The Labute approximate surface area is 174 Å². The van der Waals surface area contributed by atoms with Gasteiger partial charge in [-0.2, -0.15) is 0 Å². The summed E-state index contributed by atoms with van der Waals surface area (Å²) >= 11 is 0. The number of nitrogens with one attached hydrogen (secondary N) is 1. The molecule has 2 aliphatic rings. The summed E-state index contributed by atoms with van der Waals surface area (Å²) in [7, 11) is 0. The van der Waals surface area contributed by atoms with Crippen molar-refractivity contribution in [1.82, 2.24) is 15.1 Å². The molecule has 2 aromatic rings. The van der Waals surface area contributed by atoms with E-state index in [0.29, 0.717) is 6.54 Å². The second-order valence-electron chi connectivity index (χ2n) is 8.52. The number of likely N-dealkylation sites (tertiary alicyclic amines) is 2. The second-order valence-corrected chi connectivity index (χ2v) is 8.52. The van der Waals surface area contributed by atoms with E-state index < -0.39 is 0 Å². The maximum Gasteiger partial charge on any atom is 0.251 e. The maximum absolute atomic E-state index is 12.5. The first-order valence-electron chi connectivity index (χ1n) is 11.2. The Kier molecular flexibility index (Phi) is 6.96. The highest BCUT2D eigenvalue weighted by atomic mass is 16.1. The summed E-state index contributed by atoms with van der Waals surface area (Å²) in [4.78, 5) is 17.5. The predicted octanol–water partition coefficient (Wildman–Crippen LogP) is 4.20. The Hall–Kier alpha value is -2.17. The van der Waals surface area contributed by atoms with E-state index >= 15 is 0 Å². The summed E-state index contributed by atoms with van der Waals surface area (Å²) in [6, 6.07) is 16.7. The number of benzene rings is 2. The van der Waals surface area contributed by atoms with E-state index in [0.717, 1.165) is 24.2 Å². The number of carbonyl (C=O) groups is 1. The van der Waals surface area contributed by atoms with Crippen LogP contribution in [0.1, 0.15) is 59.2 Å². The van der Waals surface area contributed by atoms with Crippen molar-refractivity contribution < 1.29 is 4.79 Å². The Balaban J connectivity index is 1.24. The quantitative estimate of drug-likeness (QED) is 0.768. The molecule has 0 spiro atoms. The average Bonchev–Trinajstić information content (AvgIpc) is 3.27. The van der Waals surface area contributed by atoms with Gasteiger partial charge in [-0.3, -0.25) is 14.6 Å². The highest BCUT2D eigenvalue weighted by Gasteiger charge is 2.13. The number of hydrogen-bond donors (Lipinski definition) is 1. The summed E-state index contributed by atoms with van der Waals surface area (Å²) < 4.78 is 0. The van der Waals surface area contributed by atoms with Gasteiger partial charge in [0.15, 0.2) is 0 Å². The van der Waals surface area contributed by atoms with E-state index in [1.54, 1.807) is 0 Å². The minimum absolute atomic E-state index is 0.00452. The first kappa shape index (κ1) is 20.1. The van der Waals surface area contributed by atoms with Crippen LogP contribution < -0.4 is 5.32 Å². The van der Waals surface area contributed by atoms with Gasteiger partial charge in [-0.1, -0.05) is 42.8 Å². The normalized spacial score (nSPS) is 18.1. The molecular weight excluding hydrogens is 358 g/mol. The van der Waals surface area contributed by atoms with Gasteiger partial charge in [-0.15, -0.1) is 0 Å². The molecule has 2 aliphatic heterocycles. The van der Waals surface area contributed by atoms with Crippen LogP contribution in [0, 0.1) is 0 Å². The average molecular weight is 392 g/mol. The molecule has 0 aromatic heterocycles. The lowest BCUT2D eigenvalue weighted by atomic mass is 10.1. The van der Waals surface area contributed by atoms with Gasteiger partial charge < -0.3 is 5.32 Å². The molecule has 0 bridgehead atoms. The van der Waals surface area contributed by atoms with E-state index in [4.69, 9.17) is 0 Å². The summed E-state index contributed by atoms with van der Waals surface area (Å²) in [6.07, 6.45) is 6.63. The lowest BCUT2D eigenvalue weighted by Gasteiger charge is -2.26. The second kappa shape index (κ2) is 10.0. The molecule has 0 aliphatic carbocycles. The first-order valence-corrected chi connectivity index (χ1v) is 11.2. The Morgan fingerprint density at radius 2 is 1.10 bits per heavy atom. The van der Waals surface area contributed by atoms with E-state index in [1.807, 2.05) is 12.1 Å². The van der Waals surface area contributed by atoms with Crippen molar-refractivity contribution in [3.8, 4) is 0 Å². The molecule has 2 saturated heterocycles. The SMILES string of the molecule is O=C(NCc1ccc(CN2CCCCC2)cc1)c1ccc(CN2CCCC2)cc1. The Morgan fingerprint density at radius 1 is 0.655 bits per heavy atom. The van der Waals surface area contributed by atoms with E-state index in [2.05, 4.69) is 51.5 Å². The lowest BCUT2D eigenvalue weighted by molar-refractivity contribution is 0.0951. The Morgan fingerprint density at radius 3 is 1.66 bits per heavy atom. The van der Waals surface area contributed by atoms with Gasteiger partial charge in [-0.25, -0.2) is 0 Å². The van der Waals surface area contributed by atoms with Crippen LogP contribution in [-0.2, 0) is 19.6 Å². The van der Waals surface area contributed by atoms with Crippen LogP contribution in [0.5, 0.6) is 0 Å². The largest absolute Gasteiger partial charge is 0.348 e. The first-order chi connectivity index (χ1) is 14.3. The third-order valence-electron chi connectivity index (χ3n) is 6.15. The minimum Gasteiger partial charge on any atom is -0.348 e. The number of rotatable bonds is 7. The fourth-order valence-corrected chi connectivity index (χ4v) is 4.38. The molecule has 2 fully saturated rings. The van der Waals surface area contributed by atoms with Crippen molar-refractivity contribution in [2.75, 3.05) is 26.2 Å². The van der Waals surface area contributed by atoms with E-state index in [-0.39, 0.29) is 5.91 Å². The summed E-state index contributed by atoms with van der Waals surface area (Å²) in [5.74, 6) is -0.00452. The molecule has 1 amide bonds. The van der Waals surface area contributed by atoms with Gasteiger partial charge in [0.25, 0.3) is 5.91 Å². The summed E-state index contributed by atoms with van der Waals surface area (Å²) in [5.41, 5.74) is 4.52. The maximum atomic E-state index is 12.5. The zero-order valence-corrected chi connectivity index (χ0v) is 17.4. The van der Waals surface area contributed by atoms with Crippen LogP contribution in [0.2, 0.25) is 0 Å². The molecule has 2 heterocycles. The van der Waals surface area contributed by atoms with Gasteiger partial charge >= 0.3 is 0 Å². The number of nitrogens with zero attached hydrogens (tertiary/aromatic N) is 2. The van der Waals surface area contributed by atoms with Crippen LogP contribution >= 0.6 is 0 Å². The lowest BCUT2D eigenvalue weighted by Crippen LogP contribution is -2.29. The highest BCUT2D eigenvalue weighted by molar-refractivity contribution is 5.94. The van der Waals surface area contributed by atoms with Crippen molar-refractivity contribution in [3.63, 3.8) is 0 Å². The topological polar surface area (TPSA) is 35.6 Å². The molecular formula is C25H33N3O. The van der Waals surface area contributed by atoms with E-state index in [1.165, 1.54) is 69.4 Å². The van der Waals surface area contributed by atoms with Crippen LogP contribution in [-0.4, -0.2) is 41.9 Å². The molecule has 0 unspecified atom stereocenters. The molecule has 0 radical (unpaired) electrons. The minimum atomic E-state index is -0.00452. The predicted molar refractivity (Wildman–Crippen MR) is 118 cm³/mol. The monoisotopic (exact) mass is 391 g/mol. The van der Waals surface area contributed by atoms with Crippen LogP contribution in [0.25, 0.3) is 0 Å².